The third kappa shape index (κ3) is 7.01. The predicted molar refractivity (Wildman–Crippen MR) is 116 cm³/mol. The molecule has 0 bridgehead atoms. The highest BCUT2D eigenvalue weighted by Crippen LogP contribution is 2.28. The van der Waals surface area contributed by atoms with Crippen molar-refractivity contribution >= 4 is 29.9 Å². The Balaban J connectivity index is 0.00000312. The number of nitrogens with zero attached hydrogens (tertiary/aromatic N) is 3. The highest BCUT2D eigenvalue weighted by Gasteiger charge is 2.30. The lowest BCUT2D eigenvalue weighted by Gasteiger charge is -2.24. The molecule has 1 aliphatic rings. The van der Waals surface area contributed by atoms with Crippen LogP contribution in [0.5, 0.6) is 5.75 Å². The van der Waals surface area contributed by atoms with E-state index in [1.165, 1.54) is 6.42 Å². The zero-order valence-electron chi connectivity index (χ0n) is 16.2. The summed E-state index contributed by atoms with van der Waals surface area (Å²) < 4.78 is 5.94. The van der Waals surface area contributed by atoms with E-state index < -0.39 is 0 Å². The van der Waals surface area contributed by atoms with E-state index in [9.17, 15) is 0 Å². The largest absolute Gasteiger partial charge is 0.492 e. The molecular formula is C19H33IN4O. The Bertz CT molecular complexity index is 560. The molecule has 0 spiro atoms. The van der Waals surface area contributed by atoms with Gasteiger partial charge in [0.2, 0.25) is 0 Å². The van der Waals surface area contributed by atoms with Crippen molar-refractivity contribution in [2.75, 3.05) is 47.4 Å². The molecule has 1 aliphatic heterocycles. The maximum atomic E-state index is 5.94. The van der Waals surface area contributed by atoms with Gasteiger partial charge in [0.25, 0.3) is 0 Å². The second-order valence-corrected chi connectivity index (χ2v) is 7.50. The van der Waals surface area contributed by atoms with E-state index in [0.29, 0.717) is 12.0 Å². The SMILES string of the molecule is CN=C(NCc1ccccc1OCCN(C)C)N1CCC(C)(C)C1.I. The summed E-state index contributed by atoms with van der Waals surface area (Å²) in [5, 5.41) is 3.49. The number of nitrogens with one attached hydrogen (secondary N) is 1. The maximum absolute atomic E-state index is 5.94. The highest BCUT2D eigenvalue weighted by atomic mass is 127. The summed E-state index contributed by atoms with van der Waals surface area (Å²) in [5.74, 6) is 1.92. The summed E-state index contributed by atoms with van der Waals surface area (Å²) >= 11 is 0. The Morgan fingerprint density at radius 2 is 2.04 bits per heavy atom. The second-order valence-electron chi connectivity index (χ2n) is 7.50. The van der Waals surface area contributed by atoms with Crippen LogP contribution in [-0.4, -0.2) is 63.1 Å². The van der Waals surface area contributed by atoms with Gasteiger partial charge in [-0.05, 0) is 32.0 Å². The number of benzene rings is 1. The summed E-state index contributed by atoms with van der Waals surface area (Å²) in [6, 6.07) is 8.22. The van der Waals surface area contributed by atoms with Crippen molar-refractivity contribution in [1.29, 1.82) is 0 Å². The number of aliphatic imine (C=N–C) groups is 1. The molecule has 0 unspecified atom stereocenters. The Morgan fingerprint density at radius 3 is 2.64 bits per heavy atom. The van der Waals surface area contributed by atoms with Crippen molar-refractivity contribution < 1.29 is 4.74 Å². The number of likely N-dealkylation sites (N-methyl/N-ethyl adjacent to an activating group) is 1. The third-order valence-corrected chi connectivity index (χ3v) is 4.39. The number of para-hydroxylation sites is 1. The van der Waals surface area contributed by atoms with Gasteiger partial charge in [-0.2, -0.15) is 0 Å². The molecule has 142 valence electrons. The fourth-order valence-corrected chi connectivity index (χ4v) is 2.93. The highest BCUT2D eigenvalue weighted by molar-refractivity contribution is 14.0. The third-order valence-electron chi connectivity index (χ3n) is 4.39. The van der Waals surface area contributed by atoms with Crippen LogP contribution in [-0.2, 0) is 6.54 Å². The average Bonchev–Trinajstić information content (AvgIpc) is 2.89. The molecule has 2 rings (SSSR count). The molecule has 0 radical (unpaired) electrons. The van der Waals surface area contributed by atoms with E-state index in [-0.39, 0.29) is 24.0 Å². The molecule has 1 heterocycles. The first-order valence-corrected chi connectivity index (χ1v) is 8.72. The van der Waals surface area contributed by atoms with Gasteiger partial charge in [-0.15, -0.1) is 24.0 Å². The summed E-state index contributed by atoms with van der Waals surface area (Å²) in [7, 11) is 5.96. The van der Waals surface area contributed by atoms with E-state index in [1.54, 1.807) is 0 Å². The lowest BCUT2D eigenvalue weighted by atomic mass is 9.93. The van der Waals surface area contributed by atoms with Crippen LogP contribution in [0.3, 0.4) is 0 Å². The van der Waals surface area contributed by atoms with Gasteiger partial charge in [0.15, 0.2) is 5.96 Å². The number of guanidine groups is 1. The van der Waals surface area contributed by atoms with Gasteiger partial charge in [0.05, 0.1) is 0 Å². The van der Waals surface area contributed by atoms with Gasteiger partial charge in [0, 0.05) is 38.8 Å². The summed E-state index contributed by atoms with van der Waals surface area (Å²) in [6.45, 7) is 9.07. The molecule has 1 saturated heterocycles. The van der Waals surface area contributed by atoms with Crippen LogP contribution in [0.15, 0.2) is 29.3 Å². The second kappa shape index (κ2) is 10.2. The molecular weight excluding hydrogens is 427 g/mol. The lowest BCUT2D eigenvalue weighted by molar-refractivity contribution is 0.259. The number of likely N-dealkylation sites (tertiary alicyclic amines) is 1. The zero-order chi connectivity index (χ0) is 17.6. The van der Waals surface area contributed by atoms with Crippen molar-refractivity contribution in [3.8, 4) is 5.75 Å². The van der Waals surface area contributed by atoms with E-state index in [1.807, 2.05) is 19.2 Å². The molecule has 0 amide bonds. The number of ether oxygens (including phenoxy) is 1. The average molecular weight is 460 g/mol. The van der Waals surface area contributed by atoms with Crippen LogP contribution >= 0.6 is 24.0 Å². The van der Waals surface area contributed by atoms with Crippen molar-refractivity contribution in [3.63, 3.8) is 0 Å². The van der Waals surface area contributed by atoms with Gasteiger partial charge < -0.3 is 19.9 Å². The van der Waals surface area contributed by atoms with Crippen LogP contribution < -0.4 is 10.1 Å². The van der Waals surface area contributed by atoms with E-state index >= 15 is 0 Å². The van der Waals surface area contributed by atoms with Crippen molar-refractivity contribution in [3.05, 3.63) is 29.8 Å². The first-order valence-electron chi connectivity index (χ1n) is 8.72. The molecule has 0 saturated carbocycles. The Kier molecular flexibility index (Phi) is 8.99. The fourth-order valence-electron chi connectivity index (χ4n) is 2.93. The Labute approximate surface area is 169 Å². The minimum atomic E-state index is 0. The topological polar surface area (TPSA) is 40.1 Å². The summed E-state index contributed by atoms with van der Waals surface area (Å²) in [4.78, 5) is 8.92. The normalized spacial score (nSPS) is 16.7. The Morgan fingerprint density at radius 1 is 1.32 bits per heavy atom. The first kappa shape index (κ1) is 22.0. The Hall–Kier alpha value is -1.02. The lowest BCUT2D eigenvalue weighted by Crippen LogP contribution is -2.40. The van der Waals surface area contributed by atoms with E-state index in [0.717, 1.165) is 43.5 Å². The van der Waals surface area contributed by atoms with Crippen LogP contribution in [0, 0.1) is 5.41 Å². The number of halogens is 1. The molecule has 6 heteroatoms. The van der Waals surface area contributed by atoms with E-state index in [4.69, 9.17) is 4.74 Å². The molecule has 0 aliphatic carbocycles. The number of hydrogen-bond acceptors (Lipinski definition) is 3. The van der Waals surface area contributed by atoms with Crippen LogP contribution in [0.4, 0.5) is 0 Å². The van der Waals surface area contributed by atoms with E-state index in [2.05, 4.69) is 60.2 Å². The first-order chi connectivity index (χ1) is 11.4. The fraction of sp³-hybridized carbons (Fsp3) is 0.632. The van der Waals surface area contributed by atoms with Gasteiger partial charge in [-0.1, -0.05) is 32.0 Å². The molecule has 1 fully saturated rings. The molecule has 5 nitrogen and oxygen atoms in total. The van der Waals surface area contributed by atoms with Gasteiger partial charge >= 0.3 is 0 Å². The summed E-state index contributed by atoms with van der Waals surface area (Å²) in [6.07, 6.45) is 1.21. The maximum Gasteiger partial charge on any atom is 0.193 e. The van der Waals surface area contributed by atoms with Gasteiger partial charge in [-0.3, -0.25) is 4.99 Å². The molecule has 0 atom stereocenters. The number of rotatable bonds is 6. The van der Waals surface area contributed by atoms with Crippen molar-refractivity contribution in [2.24, 2.45) is 10.4 Å². The monoisotopic (exact) mass is 460 g/mol. The molecule has 0 aromatic heterocycles. The molecule has 1 aromatic rings. The summed E-state index contributed by atoms with van der Waals surface area (Å²) in [5.41, 5.74) is 1.53. The van der Waals surface area contributed by atoms with Gasteiger partial charge in [-0.25, -0.2) is 0 Å². The van der Waals surface area contributed by atoms with Crippen LogP contribution in [0.1, 0.15) is 25.8 Å². The quantitative estimate of drug-likeness (QED) is 0.403. The van der Waals surface area contributed by atoms with Crippen molar-refractivity contribution in [1.82, 2.24) is 15.1 Å². The molecule has 25 heavy (non-hydrogen) atoms. The molecule has 1 aromatic carbocycles. The minimum Gasteiger partial charge on any atom is -0.492 e. The molecule has 1 N–H and O–H groups in total. The smallest absolute Gasteiger partial charge is 0.193 e. The van der Waals surface area contributed by atoms with Gasteiger partial charge in [0.1, 0.15) is 12.4 Å². The predicted octanol–water partition coefficient (Wildman–Crippen LogP) is 3.05. The minimum absolute atomic E-state index is 0. The van der Waals surface area contributed by atoms with Crippen LogP contribution in [0.25, 0.3) is 0 Å². The van der Waals surface area contributed by atoms with Crippen LogP contribution in [0.2, 0.25) is 0 Å². The standard InChI is InChI=1S/C19H32N4O.HI/c1-19(2)10-11-23(15-19)18(20-3)21-14-16-8-6-7-9-17(16)24-13-12-22(4)5;/h6-9H,10-15H2,1-5H3,(H,20,21);1H. The number of hydrogen-bond donors (Lipinski definition) is 1. The van der Waals surface area contributed by atoms with Crippen molar-refractivity contribution in [2.45, 2.75) is 26.8 Å². The zero-order valence-corrected chi connectivity index (χ0v) is 18.5.